The number of oxazole rings is 1. The zero-order chi connectivity index (χ0) is 16.1. The van der Waals surface area contributed by atoms with Crippen LogP contribution >= 0.6 is 0 Å². The van der Waals surface area contributed by atoms with Gasteiger partial charge in [0, 0.05) is 18.7 Å². The van der Waals surface area contributed by atoms with Crippen LogP contribution in [0.3, 0.4) is 0 Å². The van der Waals surface area contributed by atoms with Crippen molar-refractivity contribution >= 4 is 5.91 Å². The second-order valence-corrected chi connectivity index (χ2v) is 5.43. The van der Waals surface area contributed by atoms with Gasteiger partial charge in [-0.15, -0.1) is 0 Å². The second-order valence-electron chi connectivity index (χ2n) is 5.43. The molecule has 0 unspecified atom stereocenters. The molecule has 0 aliphatic heterocycles. The molecule has 0 aliphatic rings. The van der Waals surface area contributed by atoms with E-state index in [0.29, 0.717) is 30.4 Å². The van der Waals surface area contributed by atoms with Gasteiger partial charge < -0.3 is 9.32 Å². The fourth-order valence-corrected chi connectivity index (χ4v) is 2.25. The first-order valence-corrected chi connectivity index (χ1v) is 7.45. The topological polar surface area (TPSA) is 46.3 Å². The molecule has 1 aromatic carbocycles. The third-order valence-corrected chi connectivity index (χ3v) is 3.43. The van der Waals surface area contributed by atoms with Gasteiger partial charge in [-0.05, 0) is 32.9 Å². The first-order valence-electron chi connectivity index (χ1n) is 7.45. The number of hydrogen-bond donors (Lipinski definition) is 0. The van der Waals surface area contributed by atoms with E-state index in [4.69, 9.17) is 4.42 Å². The van der Waals surface area contributed by atoms with Crippen LogP contribution in [0.1, 0.15) is 25.3 Å². The third-order valence-electron chi connectivity index (χ3n) is 3.43. The number of carbonyl (C=O) groups is 1. The maximum atomic E-state index is 12.4. The molecule has 0 fully saturated rings. The summed E-state index contributed by atoms with van der Waals surface area (Å²) in [5.74, 6) is 1.30. The van der Waals surface area contributed by atoms with Crippen molar-refractivity contribution in [3.8, 4) is 11.5 Å². The smallest absolute Gasteiger partial charge is 0.229 e. The number of rotatable bonds is 6. The minimum Gasteiger partial charge on any atom is -0.441 e. The lowest BCUT2D eigenvalue weighted by Crippen LogP contribution is -2.33. The van der Waals surface area contributed by atoms with E-state index < -0.39 is 0 Å². The summed E-state index contributed by atoms with van der Waals surface area (Å²) < 4.78 is 5.70. The molecule has 22 heavy (non-hydrogen) atoms. The van der Waals surface area contributed by atoms with Gasteiger partial charge in [-0.3, -0.25) is 4.79 Å². The highest BCUT2D eigenvalue weighted by Crippen LogP contribution is 2.22. The van der Waals surface area contributed by atoms with Gasteiger partial charge >= 0.3 is 0 Å². The van der Waals surface area contributed by atoms with E-state index in [1.807, 2.05) is 51.1 Å². The maximum Gasteiger partial charge on any atom is 0.229 e. The number of likely N-dealkylation sites (N-methyl/N-ethyl adjacent to an activating group) is 1. The van der Waals surface area contributed by atoms with Crippen molar-refractivity contribution in [3.63, 3.8) is 0 Å². The molecule has 4 nitrogen and oxygen atoms in total. The van der Waals surface area contributed by atoms with Crippen LogP contribution in [0.15, 0.2) is 46.9 Å². The van der Waals surface area contributed by atoms with Gasteiger partial charge in [0.15, 0.2) is 0 Å². The second kappa shape index (κ2) is 7.07. The summed E-state index contributed by atoms with van der Waals surface area (Å²) in [6.45, 7) is 10.8. The molecule has 2 aromatic rings. The van der Waals surface area contributed by atoms with Gasteiger partial charge in [-0.25, -0.2) is 4.98 Å². The molecule has 1 heterocycles. The van der Waals surface area contributed by atoms with Crippen molar-refractivity contribution in [1.29, 1.82) is 0 Å². The van der Waals surface area contributed by atoms with Crippen LogP contribution in [0.4, 0.5) is 0 Å². The molecular formula is C18H22N2O2. The Bertz CT molecular complexity index is 659. The van der Waals surface area contributed by atoms with E-state index in [2.05, 4.69) is 11.6 Å². The van der Waals surface area contributed by atoms with E-state index >= 15 is 0 Å². The SMILES string of the molecule is C=C(C)CN(CC)C(=O)Cc1nc(-c2ccccc2)oc1C. The first kappa shape index (κ1) is 16.0. The molecular weight excluding hydrogens is 276 g/mol. The maximum absolute atomic E-state index is 12.4. The van der Waals surface area contributed by atoms with Crippen molar-refractivity contribution in [2.75, 3.05) is 13.1 Å². The van der Waals surface area contributed by atoms with Crippen LogP contribution in [-0.4, -0.2) is 28.9 Å². The van der Waals surface area contributed by atoms with Crippen LogP contribution < -0.4 is 0 Å². The average molecular weight is 298 g/mol. The van der Waals surface area contributed by atoms with Crippen LogP contribution in [0.5, 0.6) is 0 Å². The number of benzene rings is 1. The summed E-state index contributed by atoms with van der Waals surface area (Å²) in [5, 5.41) is 0. The molecule has 0 bridgehead atoms. The fraction of sp³-hybridized carbons (Fsp3) is 0.333. The van der Waals surface area contributed by atoms with Crippen LogP contribution in [-0.2, 0) is 11.2 Å². The lowest BCUT2D eigenvalue weighted by atomic mass is 10.2. The fourth-order valence-electron chi connectivity index (χ4n) is 2.25. The van der Waals surface area contributed by atoms with Gasteiger partial charge in [-0.1, -0.05) is 30.4 Å². The number of amides is 1. The molecule has 0 N–H and O–H groups in total. The molecule has 1 amide bonds. The summed E-state index contributed by atoms with van der Waals surface area (Å²) >= 11 is 0. The lowest BCUT2D eigenvalue weighted by molar-refractivity contribution is -0.129. The molecule has 4 heteroatoms. The van der Waals surface area contributed by atoms with E-state index in [1.165, 1.54) is 0 Å². The molecule has 0 saturated heterocycles. The monoisotopic (exact) mass is 298 g/mol. The minimum atomic E-state index is 0.0431. The molecule has 2 rings (SSSR count). The summed E-state index contributed by atoms with van der Waals surface area (Å²) in [5.41, 5.74) is 2.58. The highest BCUT2D eigenvalue weighted by Gasteiger charge is 2.18. The Morgan fingerprint density at radius 2 is 2.00 bits per heavy atom. The Balaban J connectivity index is 2.15. The predicted octanol–water partition coefficient (Wildman–Crippen LogP) is 3.62. The van der Waals surface area contributed by atoms with Crippen LogP contribution in [0, 0.1) is 6.92 Å². The zero-order valence-corrected chi connectivity index (χ0v) is 13.4. The molecule has 0 atom stereocenters. The Morgan fingerprint density at radius 3 is 2.59 bits per heavy atom. The van der Waals surface area contributed by atoms with Crippen molar-refractivity contribution in [1.82, 2.24) is 9.88 Å². The van der Waals surface area contributed by atoms with Crippen LogP contribution in [0.2, 0.25) is 0 Å². The lowest BCUT2D eigenvalue weighted by Gasteiger charge is -2.20. The largest absolute Gasteiger partial charge is 0.441 e. The van der Waals surface area contributed by atoms with Crippen molar-refractivity contribution in [3.05, 3.63) is 53.9 Å². The van der Waals surface area contributed by atoms with Crippen molar-refractivity contribution < 1.29 is 9.21 Å². The van der Waals surface area contributed by atoms with E-state index in [1.54, 1.807) is 4.90 Å². The Morgan fingerprint density at radius 1 is 1.32 bits per heavy atom. The van der Waals surface area contributed by atoms with Crippen molar-refractivity contribution in [2.24, 2.45) is 0 Å². The van der Waals surface area contributed by atoms with Gasteiger partial charge in [0.25, 0.3) is 0 Å². The van der Waals surface area contributed by atoms with E-state index in [-0.39, 0.29) is 12.3 Å². The van der Waals surface area contributed by atoms with Gasteiger partial charge in [0.05, 0.1) is 12.1 Å². The normalized spacial score (nSPS) is 10.5. The quantitative estimate of drug-likeness (QED) is 0.765. The molecule has 0 spiro atoms. The predicted molar refractivity (Wildman–Crippen MR) is 87.4 cm³/mol. The number of hydrogen-bond acceptors (Lipinski definition) is 3. The number of aryl methyl sites for hydroxylation is 1. The first-order chi connectivity index (χ1) is 10.5. The summed E-state index contributed by atoms with van der Waals surface area (Å²) in [4.78, 5) is 18.6. The Labute approximate surface area is 131 Å². The number of nitrogens with zero attached hydrogens (tertiary/aromatic N) is 2. The van der Waals surface area contributed by atoms with Crippen molar-refractivity contribution in [2.45, 2.75) is 27.2 Å². The van der Waals surface area contributed by atoms with Crippen LogP contribution in [0.25, 0.3) is 11.5 Å². The minimum absolute atomic E-state index is 0.0431. The van der Waals surface area contributed by atoms with E-state index in [0.717, 1.165) is 11.1 Å². The third kappa shape index (κ3) is 3.85. The summed E-state index contributed by atoms with van der Waals surface area (Å²) in [6, 6.07) is 9.70. The van der Waals surface area contributed by atoms with Gasteiger partial charge in [-0.2, -0.15) is 0 Å². The molecule has 0 radical (unpaired) electrons. The molecule has 0 saturated carbocycles. The Hall–Kier alpha value is -2.36. The zero-order valence-electron chi connectivity index (χ0n) is 13.4. The highest BCUT2D eigenvalue weighted by molar-refractivity contribution is 5.79. The molecule has 116 valence electrons. The summed E-state index contributed by atoms with van der Waals surface area (Å²) in [7, 11) is 0. The standard InChI is InChI=1S/C18H22N2O2/c1-5-20(12-13(2)3)17(21)11-16-14(4)22-18(19-16)15-9-7-6-8-10-15/h6-10H,2,5,11-12H2,1,3-4H3. The Kier molecular flexibility index (Phi) is 5.15. The summed E-state index contributed by atoms with van der Waals surface area (Å²) in [6.07, 6.45) is 0.253. The van der Waals surface area contributed by atoms with E-state index in [9.17, 15) is 4.79 Å². The van der Waals surface area contributed by atoms with Gasteiger partial charge in [0.2, 0.25) is 11.8 Å². The molecule has 0 aliphatic carbocycles. The van der Waals surface area contributed by atoms with Gasteiger partial charge in [0.1, 0.15) is 5.76 Å². The highest BCUT2D eigenvalue weighted by atomic mass is 16.4. The number of aromatic nitrogens is 1. The average Bonchev–Trinajstić information content (AvgIpc) is 2.86. The number of carbonyl (C=O) groups excluding carboxylic acids is 1. The molecule has 1 aromatic heterocycles.